The van der Waals surface area contributed by atoms with Crippen molar-refractivity contribution in [1.29, 1.82) is 0 Å². The van der Waals surface area contributed by atoms with Crippen LogP contribution >= 0.6 is 0 Å². The molecule has 1 saturated heterocycles. The number of ether oxygens (including phenoxy) is 2. The molecule has 20 heavy (non-hydrogen) atoms. The van der Waals surface area contributed by atoms with Crippen molar-refractivity contribution in [3.63, 3.8) is 0 Å². The number of nitrogens with one attached hydrogen (secondary N) is 1. The Morgan fingerprint density at radius 1 is 1.30 bits per heavy atom. The van der Waals surface area contributed by atoms with Gasteiger partial charge >= 0.3 is 0 Å². The molecule has 1 aromatic rings. The first-order chi connectivity index (χ1) is 9.83. The quantitative estimate of drug-likeness (QED) is 0.866. The minimum absolute atomic E-state index is 0.0144. The molecule has 1 unspecified atom stereocenters. The fourth-order valence-corrected chi connectivity index (χ4v) is 2.36. The van der Waals surface area contributed by atoms with Crippen LogP contribution in [0.4, 0.5) is 0 Å². The van der Waals surface area contributed by atoms with Gasteiger partial charge in [-0.1, -0.05) is 18.2 Å². The topological polar surface area (TPSA) is 47.6 Å². The Hall–Kier alpha value is -1.55. The first-order valence-electron chi connectivity index (χ1n) is 7.43. The van der Waals surface area contributed by atoms with Crippen LogP contribution in [0.1, 0.15) is 31.2 Å². The Bertz CT molecular complexity index is 465. The molecular formula is C16H21NO3. The standard InChI is InChI=1S/C16H21NO3/c18-16(15-6-3-9-19-15)17-10-13-4-1-2-5-14(13)20-11-12-7-8-12/h1-2,4-5,12,15H,3,6-11H2,(H,17,18). The Kier molecular flexibility index (Phi) is 4.21. The first-order valence-corrected chi connectivity index (χ1v) is 7.43. The Balaban J connectivity index is 1.54. The van der Waals surface area contributed by atoms with E-state index in [1.807, 2.05) is 24.3 Å². The third-order valence-corrected chi connectivity index (χ3v) is 3.82. The predicted octanol–water partition coefficient (Wildman–Crippen LogP) is 2.27. The van der Waals surface area contributed by atoms with Gasteiger partial charge in [-0.3, -0.25) is 4.79 Å². The highest BCUT2D eigenvalue weighted by molar-refractivity contribution is 5.81. The van der Waals surface area contributed by atoms with Crippen LogP contribution in [0.15, 0.2) is 24.3 Å². The molecule has 1 atom stereocenters. The van der Waals surface area contributed by atoms with Crippen LogP contribution in [0.2, 0.25) is 0 Å². The van der Waals surface area contributed by atoms with Gasteiger partial charge in [-0.2, -0.15) is 0 Å². The normalized spacial score (nSPS) is 21.7. The van der Waals surface area contributed by atoms with Crippen molar-refractivity contribution in [1.82, 2.24) is 5.32 Å². The van der Waals surface area contributed by atoms with Crippen LogP contribution in [0.25, 0.3) is 0 Å². The largest absolute Gasteiger partial charge is 0.493 e. The van der Waals surface area contributed by atoms with E-state index in [2.05, 4.69) is 5.32 Å². The molecule has 4 nitrogen and oxygen atoms in total. The van der Waals surface area contributed by atoms with Gasteiger partial charge in [0.25, 0.3) is 0 Å². The number of benzene rings is 1. The minimum Gasteiger partial charge on any atom is -0.493 e. The Labute approximate surface area is 119 Å². The molecule has 108 valence electrons. The van der Waals surface area contributed by atoms with Crippen LogP contribution < -0.4 is 10.1 Å². The molecule has 2 fully saturated rings. The smallest absolute Gasteiger partial charge is 0.249 e. The summed E-state index contributed by atoms with van der Waals surface area (Å²) in [7, 11) is 0. The summed E-state index contributed by atoms with van der Waals surface area (Å²) in [5.74, 6) is 1.59. The molecule has 1 aliphatic heterocycles. The number of para-hydroxylation sites is 1. The van der Waals surface area contributed by atoms with E-state index in [9.17, 15) is 4.79 Å². The SMILES string of the molecule is O=C(NCc1ccccc1OCC1CC1)C1CCCO1. The summed E-state index contributed by atoms with van der Waals surface area (Å²) in [6.45, 7) is 1.98. The summed E-state index contributed by atoms with van der Waals surface area (Å²) in [4.78, 5) is 11.9. The number of rotatable bonds is 6. The summed E-state index contributed by atoms with van der Waals surface area (Å²) in [6.07, 6.45) is 4.08. The summed E-state index contributed by atoms with van der Waals surface area (Å²) < 4.78 is 11.2. The van der Waals surface area contributed by atoms with Gasteiger partial charge in [0.05, 0.1) is 6.61 Å². The van der Waals surface area contributed by atoms with Crippen molar-refractivity contribution >= 4 is 5.91 Å². The van der Waals surface area contributed by atoms with E-state index in [1.165, 1.54) is 12.8 Å². The van der Waals surface area contributed by atoms with Crippen molar-refractivity contribution in [2.45, 2.75) is 38.3 Å². The van der Waals surface area contributed by atoms with Crippen molar-refractivity contribution < 1.29 is 14.3 Å². The Morgan fingerprint density at radius 2 is 2.15 bits per heavy atom. The zero-order valence-electron chi connectivity index (χ0n) is 11.6. The minimum atomic E-state index is -0.269. The van der Waals surface area contributed by atoms with Crippen LogP contribution in [-0.4, -0.2) is 25.2 Å². The van der Waals surface area contributed by atoms with Gasteiger partial charge in [0.15, 0.2) is 0 Å². The molecule has 1 aliphatic carbocycles. The molecule has 3 rings (SSSR count). The third-order valence-electron chi connectivity index (χ3n) is 3.82. The molecule has 0 bridgehead atoms. The molecule has 0 radical (unpaired) electrons. The average Bonchev–Trinajstić information content (AvgIpc) is 3.14. The molecule has 0 spiro atoms. The van der Waals surface area contributed by atoms with Gasteiger partial charge in [-0.15, -0.1) is 0 Å². The van der Waals surface area contributed by atoms with Crippen molar-refractivity contribution in [2.75, 3.05) is 13.2 Å². The van der Waals surface area contributed by atoms with Gasteiger partial charge < -0.3 is 14.8 Å². The number of amides is 1. The second-order valence-electron chi connectivity index (χ2n) is 5.58. The molecule has 1 N–H and O–H groups in total. The van der Waals surface area contributed by atoms with E-state index in [0.717, 1.165) is 36.7 Å². The highest BCUT2D eigenvalue weighted by Gasteiger charge is 2.24. The van der Waals surface area contributed by atoms with E-state index in [-0.39, 0.29) is 12.0 Å². The van der Waals surface area contributed by atoms with E-state index in [4.69, 9.17) is 9.47 Å². The van der Waals surface area contributed by atoms with Crippen molar-refractivity contribution in [3.8, 4) is 5.75 Å². The second kappa shape index (κ2) is 6.27. The first kappa shape index (κ1) is 13.4. The number of carbonyl (C=O) groups excluding carboxylic acids is 1. The maximum Gasteiger partial charge on any atom is 0.249 e. The van der Waals surface area contributed by atoms with Crippen LogP contribution in [-0.2, 0) is 16.1 Å². The van der Waals surface area contributed by atoms with Crippen LogP contribution in [0, 0.1) is 5.92 Å². The highest BCUT2D eigenvalue weighted by atomic mass is 16.5. The molecule has 1 heterocycles. The molecular weight excluding hydrogens is 254 g/mol. The molecule has 1 aromatic carbocycles. The summed E-state index contributed by atoms with van der Waals surface area (Å²) in [5.41, 5.74) is 1.03. The van der Waals surface area contributed by atoms with Gasteiger partial charge in [0.2, 0.25) is 5.91 Å². The van der Waals surface area contributed by atoms with E-state index in [0.29, 0.717) is 13.2 Å². The van der Waals surface area contributed by atoms with Gasteiger partial charge in [-0.25, -0.2) is 0 Å². The Morgan fingerprint density at radius 3 is 2.90 bits per heavy atom. The third kappa shape index (κ3) is 3.51. The summed E-state index contributed by atoms with van der Waals surface area (Å²) in [6, 6.07) is 7.90. The van der Waals surface area contributed by atoms with E-state index >= 15 is 0 Å². The second-order valence-corrected chi connectivity index (χ2v) is 5.58. The lowest BCUT2D eigenvalue weighted by Gasteiger charge is -2.13. The van der Waals surface area contributed by atoms with Gasteiger partial charge in [-0.05, 0) is 37.7 Å². The predicted molar refractivity (Wildman–Crippen MR) is 75.5 cm³/mol. The number of hydrogen-bond acceptors (Lipinski definition) is 3. The zero-order chi connectivity index (χ0) is 13.8. The fraction of sp³-hybridized carbons (Fsp3) is 0.562. The fourth-order valence-electron chi connectivity index (χ4n) is 2.36. The maximum absolute atomic E-state index is 11.9. The van der Waals surface area contributed by atoms with Gasteiger partial charge in [0.1, 0.15) is 11.9 Å². The molecule has 1 saturated carbocycles. The van der Waals surface area contributed by atoms with Crippen LogP contribution in [0.3, 0.4) is 0 Å². The van der Waals surface area contributed by atoms with Crippen LogP contribution in [0.5, 0.6) is 5.75 Å². The lowest BCUT2D eigenvalue weighted by molar-refractivity contribution is -0.130. The lowest BCUT2D eigenvalue weighted by atomic mass is 10.2. The van der Waals surface area contributed by atoms with Gasteiger partial charge in [0, 0.05) is 18.7 Å². The van der Waals surface area contributed by atoms with E-state index < -0.39 is 0 Å². The average molecular weight is 275 g/mol. The number of hydrogen-bond donors (Lipinski definition) is 1. The maximum atomic E-state index is 11.9. The zero-order valence-corrected chi connectivity index (χ0v) is 11.6. The number of carbonyl (C=O) groups is 1. The molecule has 2 aliphatic rings. The monoisotopic (exact) mass is 275 g/mol. The molecule has 4 heteroatoms. The molecule has 0 aromatic heterocycles. The van der Waals surface area contributed by atoms with Crippen molar-refractivity contribution in [3.05, 3.63) is 29.8 Å². The lowest BCUT2D eigenvalue weighted by Crippen LogP contribution is -2.33. The highest BCUT2D eigenvalue weighted by Crippen LogP contribution is 2.30. The van der Waals surface area contributed by atoms with E-state index in [1.54, 1.807) is 0 Å². The summed E-state index contributed by atoms with van der Waals surface area (Å²) >= 11 is 0. The summed E-state index contributed by atoms with van der Waals surface area (Å²) in [5, 5.41) is 2.94. The molecule has 1 amide bonds. The van der Waals surface area contributed by atoms with Crippen molar-refractivity contribution in [2.24, 2.45) is 5.92 Å².